The summed E-state index contributed by atoms with van der Waals surface area (Å²) >= 11 is 6.61. The van der Waals surface area contributed by atoms with Gasteiger partial charge in [0.2, 0.25) is 11.8 Å². The third-order valence-corrected chi connectivity index (χ3v) is 10.7. The van der Waals surface area contributed by atoms with Gasteiger partial charge in [0.05, 0.1) is 17.2 Å². The van der Waals surface area contributed by atoms with Crippen LogP contribution in [0.4, 0.5) is 5.69 Å². The number of sulfonamides is 1. The van der Waals surface area contributed by atoms with Crippen LogP contribution in [0.15, 0.2) is 114 Å². The SMILES string of the molecule is CCOc1ccc(N(CC(=O)N(Cc2ccccc2Cl)[C@H](Cc2ccccc2)C(=O)NC2CCCCC2)S(=O)(=O)c2ccccc2)cc1. The first-order chi connectivity index (χ1) is 23.3. The lowest BCUT2D eigenvalue weighted by Gasteiger charge is -2.35. The molecule has 0 heterocycles. The lowest BCUT2D eigenvalue weighted by atomic mass is 9.94. The van der Waals surface area contributed by atoms with Gasteiger partial charge in [0, 0.05) is 24.0 Å². The molecule has 2 amide bonds. The van der Waals surface area contributed by atoms with Gasteiger partial charge in [-0.25, -0.2) is 8.42 Å². The maximum atomic E-state index is 14.7. The molecule has 0 aliphatic heterocycles. The Labute approximate surface area is 288 Å². The molecule has 0 radical (unpaired) electrons. The van der Waals surface area contributed by atoms with Crippen LogP contribution < -0.4 is 14.4 Å². The highest BCUT2D eigenvalue weighted by Crippen LogP contribution is 2.28. The van der Waals surface area contributed by atoms with E-state index in [0.717, 1.165) is 42.0 Å². The van der Waals surface area contributed by atoms with E-state index in [9.17, 15) is 18.0 Å². The molecule has 1 atom stereocenters. The molecular formula is C38H42ClN3O5S. The molecule has 4 aromatic carbocycles. The number of ether oxygens (including phenoxy) is 1. The first kappa shape index (κ1) is 35.0. The van der Waals surface area contributed by atoms with Gasteiger partial charge in [-0.3, -0.25) is 13.9 Å². The van der Waals surface area contributed by atoms with Crippen molar-refractivity contribution in [2.24, 2.45) is 0 Å². The summed E-state index contributed by atoms with van der Waals surface area (Å²) in [6.45, 7) is 1.78. The number of halogens is 1. The highest BCUT2D eigenvalue weighted by molar-refractivity contribution is 7.92. The van der Waals surface area contributed by atoms with E-state index in [-0.39, 0.29) is 29.8 Å². The van der Waals surface area contributed by atoms with Gasteiger partial charge in [0.15, 0.2) is 0 Å². The number of rotatable bonds is 14. The zero-order valence-electron chi connectivity index (χ0n) is 27.1. The summed E-state index contributed by atoms with van der Waals surface area (Å²) in [6, 6.07) is 30.4. The van der Waals surface area contributed by atoms with Crippen LogP contribution in [0.1, 0.15) is 50.2 Å². The average Bonchev–Trinajstić information content (AvgIpc) is 3.11. The highest BCUT2D eigenvalue weighted by atomic mass is 35.5. The fraction of sp³-hybridized carbons (Fsp3) is 0.316. The average molecular weight is 688 g/mol. The molecule has 252 valence electrons. The van der Waals surface area contributed by atoms with Crippen LogP contribution in [0, 0.1) is 0 Å². The van der Waals surface area contributed by atoms with Crippen molar-refractivity contribution in [3.05, 3.63) is 125 Å². The predicted octanol–water partition coefficient (Wildman–Crippen LogP) is 7.02. The van der Waals surface area contributed by atoms with Crippen molar-refractivity contribution >= 4 is 39.1 Å². The molecular weight excluding hydrogens is 646 g/mol. The van der Waals surface area contributed by atoms with E-state index in [2.05, 4.69) is 5.32 Å². The fourth-order valence-corrected chi connectivity index (χ4v) is 7.66. The van der Waals surface area contributed by atoms with Crippen molar-refractivity contribution in [1.29, 1.82) is 0 Å². The van der Waals surface area contributed by atoms with Crippen molar-refractivity contribution in [2.45, 2.75) is 69.0 Å². The van der Waals surface area contributed by atoms with E-state index in [0.29, 0.717) is 28.6 Å². The third-order valence-electron chi connectivity index (χ3n) is 8.57. The zero-order valence-corrected chi connectivity index (χ0v) is 28.7. The van der Waals surface area contributed by atoms with Crippen LogP contribution in [-0.2, 0) is 32.6 Å². The lowest BCUT2D eigenvalue weighted by Crippen LogP contribution is -2.55. The molecule has 0 aromatic heterocycles. The minimum absolute atomic E-state index is 0.0105. The molecule has 1 saturated carbocycles. The first-order valence-electron chi connectivity index (χ1n) is 16.4. The van der Waals surface area contributed by atoms with Crippen LogP contribution in [0.5, 0.6) is 5.75 Å². The molecule has 48 heavy (non-hydrogen) atoms. The molecule has 8 nitrogen and oxygen atoms in total. The number of carbonyl (C=O) groups is 2. The van der Waals surface area contributed by atoms with E-state index < -0.39 is 28.5 Å². The quantitative estimate of drug-likeness (QED) is 0.154. The Kier molecular flexibility index (Phi) is 12.1. The van der Waals surface area contributed by atoms with Crippen molar-refractivity contribution in [3.63, 3.8) is 0 Å². The maximum absolute atomic E-state index is 14.7. The normalized spacial score (nSPS) is 14.1. The number of nitrogens with zero attached hydrogens (tertiary/aromatic N) is 2. The Hall–Kier alpha value is -4.34. The molecule has 0 saturated heterocycles. The first-order valence-corrected chi connectivity index (χ1v) is 18.3. The Morgan fingerprint density at radius 1 is 0.854 bits per heavy atom. The summed E-state index contributed by atoms with van der Waals surface area (Å²) in [5.41, 5.74) is 1.81. The van der Waals surface area contributed by atoms with Gasteiger partial charge in [-0.1, -0.05) is 97.6 Å². The van der Waals surface area contributed by atoms with Gasteiger partial charge in [-0.2, -0.15) is 0 Å². The van der Waals surface area contributed by atoms with Crippen molar-refractivity contribution in [3.8, 4) is 5.75 Å². The van der Waals surface area contributed by atoms with E-state index >= 15 is 0 Å². The molecule has 10 heteroatoms. The highest BCUT2D eigenvalue weighted by Gasteiger charge is 2.35. The number of carbonyl (C=O) groups excluding carboxylic acids is 2. The minimum Gasteiger partial charge on any atom is -0.494 e. The van der Waals surface area contributed by atoms with E-state index in [4.69, 9.17) is 16.3 Å². The van der Waals surface area contributed by atoms with Crippen LogP contribution in [0.25, 0.3) is 0 Å². The minimum atomic E-state index is -4.20. The summed E-state index contributed by atoms with van der Waals surface area (Å²) in [4.78, 5) is 30.4. The van der Waals surface area contributed by atoms with E-state index in [1.54, 1.807) is 54.6 Å². The second-order valence-corrected chi connectivity index (χ2v) is 14.2. The Morgan fingerprint density at radius 2 is 1.48 bits per heavy atom. The Balaban J connectivity index is 1.56. The van der Waals surface area contributed by atoms with Crippen LogP contribution in [-0.4, -0.2) is 50.4 Å². The number of benzene rings is 4. The summed E-state index contributed by atoms with van der Waals surface area (Å²) in [5.74, 6) is -0.236. The Morgan fingerprint density at radius 3 is 2.12 bits per heavy atom. The lowest BCUT2D eigenvalue weighted by molar-refractivity contribution is -0.140. The number of hydrogen-bond acceptors (Lipinski definition) is 5. The number of amides is 2. The summed E-state index contributed by atoms with van der Waals surface area (Å²) in [7, 11) is -4.20. The molecule has 4 aromatic rings. The van der Waals surface area contributed by atoms with Gasteiger partial charge >= 0.3 is 0 Å². The molecule has 1 aliphatic rings. The summed E-state index contributed by atoms with van der Waals surface area (Å²) < 4.78 is 35.1. The topological polar surface area (TPSA) is 96.0 Å². The second-order valence-electron chi connectivity index (χ2n) is 11.9. The fourth-order valence-electron chi connectivity index (χ4n) is 6.03. The van der Waals surface area contributed by atoms with Crippen molar-refractivity contribution in [2.75, 3.05) is 17.5 Å². The van der Waals surface area contributed by atoms with Gasteiger partial charge in [0.1, 0.15) is 18.3 Å². The largest absolute Gasteiger partial charge is 0.494 e. The third kappa shape index (κ3) is 8.96. The number of nitrogens with one attached hydrogen (secondary N) is 1. The number of hydrogen-bond donors (Lipinski definition) is 1. The van der Waals surface area contributed by atoms with Gasteiger partial charge in [-0.15, -0.1) is 0 Å². The monoisotopic (exact) mass is 687 g/mol. The molecule has 0 unspecified atom stereocenters. The van der Waals surface area contributed by atoms with E-state index in [1.807, 2.05) is 49.4 Å². The van der Waals surface area contributed by atoms with Crippen LogP contribution in [0.3, 0.4) is 0 Å². The second kappa shape index (κ2) is 16.7. The molecule has 0 bridgehead atoms. The van der Waals surface area contributed by atoms with Crippen LogP contribution >= 0.6 is 11.6 Å². The van der Waals surface area contributed by atoms with Gasteiger partial charge in [-0.05, 0) is 73.4 Å². The standard InChI is InChI=1S/C38H42ClN3O5S/c1-2-47-33-24-22-32(23-25-33)42(48(45,46)34-19-10-5-11-20-34)28-37(43)41(27-30-16-12-13-21-35(30)39)36(26-29-14-6-3-7-15-29)38(44)40-31-17-8-4-9-18-31/h3,5-7,10-16,19-25,31,36H,2,4,8-9,17-18,26-28H2,1H3,(H,40,44)/t36-/m1/s1. The molecule has 1 N–H and O–H groups in total. The number of anilines is 1. The molecule has 0 spiro atoms. The molecule has 1 aliphatic carbocycles. The van der Waals surface area contributed by atoms with E-state index in [1.165, 1.54) is 17.0 Å². The summed E-state index contributed by atoms with van der Waals surface area (Å²) in [6.07, 6.45) is 5.19. The van der Waals surface area contributed by atoms with Crippen molar-refractivity contribution in [1.82, 2.24) is 10.2 Å². The van der Waals surface area contributed by atoms with Crippen molar-refractivity contribution < 1.29 is 22.7 Å². The van der Waals surface area contributed by atoms with Gasteiger partial charge < -0.3 is 15.0 Å². The summed E-state index contributed by atoms with van der Waals surface area (Å²) in [5, 5.41) is 3.67. The Bertz CT molecular complexity index is 1750. The van der Waals surface area contributed by atoms with Gasteiger partial charge in [0.25, 0.3) is 10.0 Å². The smallest absolute Gasteiger partial charge is 0.264 e. The zero-order chi connectivity index (χ0) is 33.9. The molecule has 5 rings (SSSR count). The maximum Gasteiger partial charge on any atom is 0.264 e. The molecule has 1 fully saturated rings. The van der Waals surface area contributed by atoms with Crippen LogP contribution in [0.2, 0.25) is 5.02 Å². The predicted molar refractivity (Wildman–Crippen MR) is 190 cm³/mol.